The van der Waals surface area contributed by atoms with Crippen LogP contribution in [0.5, 0.6) is 0 Å². The van der Waals surface area contributed by atoms with Gasteiger partial charge < -0.3 is 10.6 Å². The highest BCUT2D eigenvalue weighted by Gasteiger charge is 2.53. The highest BCUT2D eigenvalue weighted by molar-refractivity contribution is 5.76. The third-order valence-corrected chi connectivity index (χ3v) is 2.31. The Morgan fingerprint density at radius 1 is 1.78 bits per heavy atom. The summed E-state index contributed by atoms with van der Waals surface area (Å²) in [6.45, 7) is 3.04. The Morgan fingerprint density at radius 2 is 2.56 bits per heavy atom. The van der Waals surface area contributed by atoms with Crippen molar-refractivity contribution in [1.29, 1.82) is 0 Å². The summed E-state index contributed by atoms with van der Waals surface area (Å²) in [4.78, 5) is 10.6. The zero-order valence-corrected chi connectivity index (χ0v) is 5.40. The molecule has 0 aromatic carbocycles. The first-order chi connectivity index (χ1) is 4.21. The molecule has 0 aromatic rings. The van der Waals surface area contributed by atoms with Gasteiger partial charge in [-0.25, -0.2) is 4.79 Å². The van der Waals surface area contributed by atoms with E-state index in [1.54, 1.807) is 0 Å². The van der Waals surface area contributed by atoms with Crippen molar-refractivity contribution < 1.29 is 4.79 Å². The molecule has 0 aromatic heterocycles. The van der Waals surface area contributed by atoms with E-state index < -0.39 is 0 Å². The van der Waals surface area contributed by atoms with Crippen LogP contribution < -0.4 is 10.6 Å². The van der Waals surface area contributed by atoms with Crippen LogP contribution in [0.2, 0.25) is 0 Å². The minimum atomic E-state index is -0.00465. The third-order valence-electron chi connectivity index (χ3n) is 2.31. The van der Waals surface area contributed by atoms with Crippen molar-refractivity contribution in [2.75, 3.05) is 6.54 Å². The number of urea groups is 1. The Morgan fingerprint density at radius 3 is 3.11 bits per heavy atom. The van der Waals surface area contributed by atoms with E-state index in [-0.39, 0.29) is 6.03 Å². The monoisotopic (exact) mass is 126 g/mol. The maximum absolute atomic E-state index is 10.6. The average molecular weight is 126 g/mol. The van der Waals surface area contributed by atoms with Gasteiger partial charge >= 0.3 is 6.03 Å². The van der Waals surface area contributed by atoms with Crippen molar-refractivity contribution >= 4 is 6.03 Å². The van der Waals surface area contributed by atoms with Gasteiger partial charge in [-0.2, -0.15) is 0 Å². The number of rotatable bonds is 0. The van der Waals surface area contributed by atoms with Crippen molar-refractivity contribution in [3.63, 3.8) is 0 Å². The molecule has 0 bridgehead atoms. The first-order valence-corrected chi connectivity index (χ1v) is 3.25. The number of carbonyl (C=O) groups is 1. The number of fused-ring (bicyclic) bond motifs is 1. The summed E-state index contributed by atoms with van der Waals surface area (Å²) in [6, 6.07) is 0.459. The largest absolute Gasteiger partial charge is 0.338 e. The Hall–Kier alpha value is -0.730. The Kier molecular flexibility index (Phi) is 0.693. The summed E-state index contributed by atoms with van der Waals surface area (Å²) in [6.07, 6.45) is 1.14. The second-order valence-corrected chi connectivity index (χ2v) is 3.24. The SMILES string of the molecule is CC12CNC(=O)NC1C2. The van der Waals surface area contributed by atoms with E-state index in [9.17, 15) is 4.79 Å². The Balaban J connectivity index is 2.08. The maximum atomic E-state index is 10.6. The van der Waals surface area contributed by atoms with Gasteiger partial charge in [0.05, 0.1) is 0 Å². The third kappa shape index (κ3) is 0.605. The van der Waals surface area contributed by atoms with Crippen molar-refractivity contribution in [1.82, 2.24) is 10.6 Å². The van der Waals surface area contributed by atoms with E-state index in [0.717, 1.165) is 13.0 Å². The van der Waals surface area contributed by atoms with Gasteiger partial charge in [0.25, 0.3) is 0 Å². The van der Waals surface area contributed by atoms with Crippen LogP contribution in [-0.4, -0.2) is 18.6 Å². The summed E-state index contributed by atoms with van der Waals surface area (Å²) in [5, 5.41) is 5.61. The molecule has 2 rings (SSSR count). The first kappa shape index (κ1) is 5.09. The topological polar surface area (TPSA) is 41.1 Å². The van der Waals surface area contributed by atoms with Crippen LogP contribution >= 0.6 is 0 Å². The molecule has 2 atom stereocenters. The van der Waals surface area contributed by atoms with Gasteiger partial charge in [-0.1, -0.05) is 6.92 Å². The lowest BCUT2D eigenvalue weighted by atomic mass is 10.1. The minimum absolute atomic E-state index is 0.00465. The lowest BCUT2D eigenvalue weighted by Gasteiger charge is -2.18. The molecule has 1 aliphatic heterocycles. The molecule has 1 saturated carbocycles. The van der Waals surface area contributed by atoms with Crippen LogP contribution in [0, 0.1) is 5.41 Å². The quantitative estimate of drug-likeness (QED) is 0.474. The standard InChI is InChI=1S/C6H10N2O/c1-6-2-4(6)8-5(9)7-3-6/h4H,2-3H2,1H3,(H2,7,8,9). The molecular formula is C6H10N2O. The summed E-state index contributed by atoms with van der Waals surface area (Å²) >= 11 is 0. The number of amides is 2. The van der Waals surface area contributed by atoms with E-state index in [4.69, 9.17) is 0 Å². The second kappa shape index (κ2) is 1.23. The van der Waals surface area contributed by atoms with E-state index in [2.05, 4.69) is 17.6 Å². The molecular weight excluding hydrogens is 116 g/mol. The minimum Gasteiger partial charge on any atom is -0.338 e. The van der Waals surface area contributed by atoms with Crippen molar-refractivity contribution in [3.8, 4) is 0 Å². The van der Waals surface area contributed by atoms with E-state index in [1.165, 1.54) is 0 Å². The zero-order valence-electron chi connectivity index (χ0n) is 5.40. The van der Waals surface area contributed by atoms with Crippen molar-refractivity contribution in [3.05, 3.63) is 0 Å². The van der Waals surface area contributed by atoms with E-state index >= 15 is 0 Å². The molecule has 0 spiro atoms. The van der Waals surface area contributed by atoms with Crippen LogP contribution in [0.1, 0.15) is 13.3 Å². The van der Waals surface area contributed by atoms with Gasteiger partial charge in [0, 0.05) is 18.0 Å². The van der Waals surface area contributed by atoms with E-state index in [1.807, 2.05) is 0 Å². The van der Waals surface area contributed by atoms with Gasteiger partial charge in [-0.15, -0.1) is 0 Å². The number of hydrogen-bond acceptors (Lipinski definition) is 1. The summed E-state index contributed by atoms with van der Waals surface area (Å²) in [5.74, 6) is 0. The lowest BCUT2D eigenvalue weighted by Crippen LogP contribution is -2.47. The van der Waals surface area contributed by atoms with Crippen LogP contribution in [0.3, 0.4) is 0 Å². The van der Waals surface area contributed by atoms with Gasteiger partial charge in [0.15, 0.2) is 0 Å². The van der Waals surface area contributed by atoms with Gasteiger partial charge in [-0.05, 0) is 6.42 Å². The maximum Gasteiger partial charge on any atom is 0.315 e. The molecule has 3 heteroatoms. The molecule has 0 radical (unpaired) electrons. The lowest BCUT2D eigenvalue weighted by molar-refractivity contribution is 0.230. The van der Waals surface area contributed by atoms with E-state index in [0.29, 0.717) is 11.5 Å². The molecule has 1 saturated heterocycles. The normalized spacial score (nSPS) is 46.8. The van der Waals surface area contributed by atoms with Crippen molar-refractivity contribution in [2.24, 2.45) is 5.41 Å². The van der Waals surface area contributed by atoms with Crippen LogP contribution in [-0.2, 0) is 0 Å². The van der Waals surface area contributed by atoms with Crippen LogP contribution in [0.15, 0.2) is 0 Å². The average Bonchev–Trinajstić information content (AvgIpc) is 2.41. The van der Waals surface area contributed by atoms with Crippen LogP contribution in [0.4, 0.5) is 4.79 Å². The first-order valence-electron chi connectivity index (χ1n) is 3.25. The Labute approximate surface area is 53.8 Å². The molecule has 9 heavy (non-hydrogen) atoms. The predicted octanol–water partition coefficient (Wildman–Crippen LogP) is 0.0778. The summed E-state index contributed by atoms with van der Waals surface area (Å²) in [7, 11) is 0. The molecule has 2 N–H and O–H groups in total. The molecule has 2 fully saturated rings. The van der Waals surface area contributed by atoms with Crippen molar-refractivity contribution in [2.45, 2.75) is 19.4 Å². The summed E-state index contributed by atoms with van der Waals surface area (Å²) in [5.41, 5.74) is 0.383. The second-order valence-electron chi connectivity index (χ2n) is 3.24. The van der Waals surface area contributed by atoms with Crippen LogP contribution in [0.25, 0.3) is 0 Å². The highest BCUT2D eigenvalue weighted by Crippen LogP contribution is 2.45. The fraction of sp³-hybridized carbons (Fsp3) is 0.833. The fourth-order valence-electron chi connectivity index (χ4n) is 1.32. The zero-order chi connectivity index (χ0) is 6.48. The molecule has 1 aliphatic carbocycles. The molecule has 2 amide bonds. The molecule has 1 heterocycles. The smallest absolute Gasteiger partial charge is 0.315 e. The molecule has 50 valence electrons. The number of carbonyl (C=O) groups excluding carboxylic acids is 1. The predicted molar refractivity (Wildman–Crippen MR) is 33.0 cm³/mol. The highest BCUT2D eigenvalue weighted by atomic mass is 16.2. The van der Waals surface area contributed by atoms with Gasteiger partial charge in [0.2, 0.25) is 0 Å². The molecule has 2 unspecified atom stereocenters. The van der Waals surface area contributed by atoms with Gasteiger partial charge in [0.1, 0.15) is 0 Å². The summed E-state index contributed by atoms with van der Waals surface area (Å²) < 4.78 is 0. The van der Waals surface area contributed by atoms with Gasteiger partial charge in [-0.3, -0.25) is 0 Å². The molecule has 3 nitrogen and oxygen atoms in total. The fourth-order valence-corrected chi connectivity index (χ4v) is 1.32. The molecule has 2 aliphatic rings. The number of nitrogens with one attached hydrogen (secondary N) is 2. The Bertz CT molecular complexity index is 168. The number of hydrogen-bond donors (Lipinski definition) is 2.